The lowest BCUT2D eigenvalue weighted by Gasteiger charge is -1.97. The molecule has 1 aromatic heterocycles. The van der Waals surface area contributed by atoms with Crippen LogP contribution in [0.3, 0.4) is 0 Å². The monoisotopic (exact) mass is 194 g/mol. The van der Waals surface area contributed by atoms with Crippen LogP contribution in [0.2, 0.25) is 0 Å². The van der Waals surface area contributed by atoms with Crippen LogP contribution in [0.5, 0.6) is 0 Å². The van der Waals surface area contributed by atoms with Gasteiger partial charge in [-0.05, 0) is 18.4 Å². The van der Waals surface area contributed by atoms with Crippen molar-refractivity contribution in [3.8, 4) is 0 Å². The smallest absolute Gasteiger partial charge is 0.111 e. The van der Waals surface area contributed by atoms with E-state index in [9.17, 15) is 4.21 Å². The molecule has 1 nitrogen and oxygen atoms in total. The van der Waals surface area contributed by atoms with Gasteiger partial charge in [-0.1, -0.05) is 6.07 Å². The maximum Gasteiger partial charge on any atom is 0.111 e. The number of thiophene rings is 1. The van der Waals surface area contributed by atoms with Crippen LogP contribution in [-0.4, -0.2) is 8.92 Å². The van der Waals surface area contributed by atoms with Gasteiger partial charge >= 0.3 is 0 Å². The Bertz CT molecular complexity index is 218. The van der Waals surface area contributed by atoms with Crippen LogP contribution in [0.1, 0.15) is 6.92 Å². The highest BCUT2D eigenvalue weighted by atomic mass is 35.5. The summed E-state index contributed by atoms with van der Waals surface area (Å²) >= 11 is 7.10. The lowest BCUT2D eigenvalue weighted by atomic mass is 10.7. The quantitative estimate of drug-likeness (QED) is 0.661. The van der Waals surface area contributed by atoms with E-state index in [2.05, 4.69) is 0 Å². The molecule has 0 fully saturated rings. The first-order valence-electron chi connectivity index (χ1n) is 2.80. The van der Waals surface area contributed by atoms with E-state index in [1.165, 1.54) is 11.3 Å². The van der Waals surface area contributed by atoms with Crippen molar-refractivity contribution in [1.82, 2.24) is 0 Å². The summed E-state index contributed by atoms with van der Waals surface area (Å²) in [7, 11) is -1.02. The van der Waals surface area contributed by atoms with Crippen molar-refractivity contribution in [3.05, 3.63) is 17.5 Å². The molecule has 0 bridgehead atoms. The third kappa shape index (κ3) is 1.81. The molecule has 56 valence electrons. The van der Waals surface area contributed by atoms with Crippen molar-refractivity contribution in [2.45, 2.75) is 15.8 Å². The number of alkyl halides is 1. The van der Waals surface area contributed by atoms with E-state index in [0.717, 1.165) is 4.21 Å². The summed E-state index contributed by atoms with van der Waals surface area (Å²) in [6, 6.07) is 3.71. The van der Waals surface area contributed by atoms with E-state index in [-0.39, 0.29) is 4.71 Å². The van der Waals surface area contributed by atoms with Gasteiger partial charge < -0.3 is 0 Å². The largest absolute Gasteiger partial charge is 0.252 e. The predicted octanol–water partition coefficient (Wildman–Crippen LogP) is 2.44. The molecule has 0 aliphatic rings. The zero-order valence-corrected chi connectivity index (χ0v) is 7.80. The number of halogens is 1. The molecule has 2 atom stereocenters. The van der Waals surface area contributed by atoms with Crippen LogP contribution in [0.25, 0.3) is 0 Å². The topological polar surface area (TPSA) is 17.1 Å². The van der Waals surface area contributed by atoms with Crippen LogP contribution in [0, 0.1) is 0 Å². The molecule has 0 aromatic carbocycles. The van der Waals surface area contributed by atoms with Crippen LogP contribution in [0.15, 0.2) is 21.7 Å². The Hall–Kier alpha value is 0.140. The molecule has 0 aliphatic heterocycles. The summed E-state index contributed by atoms with van der Waals surface area (Å²) in [4.78, 5) is 0. The fourth-order valence-electron chi connectivity index (χ4n) is 0.538. The molecule has 0 saturated carbocycles. The zero-order valence-electron chi connectivity index (χ0n) is 5.41. The molecule has 0 saturated heterocycles. The maximum absolute atomic E-state index is 11.2. The van der Waals surface area contributed by atoms with Crippen molar-refractivity contribution in [1.29, 1.82) is 0 Å². The van der Waals surface area contributed by atoms with Gasteiger partial charge in [0, 0.05) is 0 Å². The Balaban J connectivity index is 2.78. The van der Waals surface area contributed by atoms with Crippen molar-refractivity contribution < 1.29 is 4.21 Å². The van der Waals surface area contributed by atoms with Gasteiger partial charge in [-0.15, -0.1) is 22.9 Å². The van der Waals surface area contributed by atoms with E-state index in [1.807, 2.05) is 17.5 Å². The van der Waals surface area contributed by atoms with Gasteiger partial charge in [0.1, 0.15) is 4.71 Å². The van der Waals surface area contributed by atoms with Gasteiger partial charge in [-0.3, -0.25) is 4.21 Å². The molecule has 0 N–H and O–H groups in total. The second-order valence-electron chi connectivity index (χ2n) is 1.77. The van der Waals surface area contributed by atoms with Gasteiger partial charge in [0.2, 0.25) is 0 Å². The summed E-state index contributed by atoms with van der Waals surface area (Å²) in [5.41, 5.74) is 0. The lowest BCUT2D eigenvalue weighted by Crippen LogP contribution is -1.99. The van der Waals surface area contributed by atoms with E-state index < -0.39 is 10.8 Å². The Morgan fingerprint density at radius 1 is 1.80 bits per heavy atom. The standard InChI is InChI=1S/C6H7ClOS2/c1-5(7)10(8)6-3-2-4-9-6/h2-5H,1H3. The molecule has 0 spiro atoms. The SMILES string of the molecule is CC(Cl)S(=O)c1cccs1. The highest BCUT2D eigenvalue weighted by Gasteiger charge is 2.09. The van der Waals surface area contributed by atoms with Gasteiger partial charge in [-0.25, -0.2) is 0 Å². The average Bonchev–Trinajstić information content (AvgIpc) is 2.36. The summed E-state index contributed by atoms with van der Waals surface area (Å²) in [5, 5.41) is 1.90. The zero-order chi connectivity index (χ0) is 7.56. The number of hydrogen-bond acceptors (Lipinski definition) is 2. The molecule has 0 amide bonds. The molecule has 10 heavy (non-hydrogen) atoms. The Labute approximate surface area is 71.5 Å². The van der Waals surface area contributed by atoms with Crippen molar-refractivity contribution in [2.24, 2.45) is 0 Å². The molecule has 0 aliphatic carbocycles. The highest BCUT2D eigenvalue weighted by Crippen LogP contribution is 2.18. The number of rotatable bonds is 2. The highest BCUT2D eigenvalue weighted by molar-refractivity contribution is 7.89. The minimum atomic E-state index is -1.02. The van der Waals surface area contributed by atoms with Crippen LogP contribution < -0.4 is 0 Å². The van der Waals surface area contributed by atoms with E-state index in [4.69, 9.17) is 11.6 Å². The average molecular weight is 195 g/mol. The van der Waals surface area contributed by atoms with Crippen LogP contribution in [-0.2, 0) is 10.8 Å². The van der Waals surface area contributed by atoms with E-state index in [0.29, 0.717) is 0 Å². The lowest BCUT2D eigenvalue weighted by molar-refractivity contribution is 0.683. The van der Waals surface area contributed by atoms with Crippen molar-refractivity contribution >= 4 is 33.7 Å². The summed E-state index contributed by atoms with van der Waals surface area (Å²) in [6.45, 7) is 1.73. The van der Waals surface area contributed by atoms with Gasteiger partial charge in [0.05, 0.1) is 15.0 Å². The van der Waals surface area contributed by atoms with Crippen molar-refractivity contribution in [2.75, 3.05) is 0 Å². The first kappa shape index (κ1) is 8.24. The van der Waals surface area contributed by atoms with Crippen LogP contribution >= 0.6 is 22.9 Å². The Kier molecular flexibility index (Phi) is 2.89. The van der Waals surface area contributed by atoms with E-state index in [1.54, 1.807) is 6.92 Å². The normalized spacial score (nSPS) is 16.6. The third-order valence-electron chi connectivity index (χ3n) is 0.988. The second-order valence-corrected chi connectivity index (χ2v) is 5.63. The summed E-state index contributed by atoms with van der Waals surface area (Å²) in [6.07, 6.45) is 0. The fourth-order valence-corrected chi connectivity index (χ4v) is 2.94. The molecular weight excluding hydrogens is 188 g/mol. The second kappa shape index (κ2) is 3.51. The minimum Gasteiger partial charge on any atom is -0.252 e. The Morgan fingerprint density at radius 3 is 2.90 bits per heavy atom. The first-order chi connectivity index (χ1) is 4.72. The summed E-state index contributed by atoms with van der Waals surface area (Å²) in [5.74, 6) is 0. The molecule has 4 heteroatoms. The Morgan fingerprint density at radius 2 is 2.50 bits per heavy atom. The summed E-state index contributed by atoms with van der Waals surface area (Å²) < 4.78 is 11.8. The fraction of sp³-hybridized carbons (Fsp3) is 0.333. The molecule has 1 rings (SSSR count). The third-order valence-corrected chi connectivity index (χ3v) is 4.04. The molecule has 1 heterocycles. The van der Waals surface area contributed by atoms with Gasteiger partial charge in [0.25, 0.3) is 0 Å². The molecule has 1 aromatic rings. The minimum absolute atomic E-state index is 0.293. The first-order valence-corrected chi connectivity index (χ1v) is 5.33. The molecule has 0 radical (unpaired) electrons. The number of hydrogen-bond donors (Lipinski definition) is 0. The molecule has 2 unspecified atom stereocenters. The van der Waals surface area contributed by atoms with Gasteiger partial charge in [0.15, 0.2) is 0 Å². The van der Waals surface area contributed by atoms with E-state index >= 15 is 0 Å². The molecular formula is C6H7ClOS2. The van der Waals surface area contributed by atoms with Gasteiger partial charge in [-0.2, -0.15) is 0 Å². The van der Waals surface area contributed by atoms with Crippen molar-refractivity contribution in [3.63, 3.8) is 0 Å². The maximum atomic E-state index is 11.2. The predicted molar refractivity (Wildman–Crippen MR) is 46.0 cm³/mol. The van der Waals surface area contributed by atoms with Crippen LogP contribution in [0.4, 0.5) is 0 Å².